The maximum atomic E-state index is 10.5. The molecule has 0 aliphatic heterocycles. The van der Waals surface area contributed by atoms with Crippen LogP contribution < -0.4 is 16.6 Å². The van der Waals surface area contributed by atoms with Gasteiger partial charge in [0.2, 0.25) is 0 Å². The van der Waals surface area contributed by atoms with Crippen molar-refractivity contribution in [1.29, 1.82) is 0 Å². The van der Waals surface area contributed by atoms with Crippen LogP contribution in [0.3, 0.4) is 0 Å². The Kier molecular flexibility index (Phi) is 4.17. The molecule has 0 unspecified atom stereocenters. The first kappa shape index (κ1) is 11.6. The summed E-state index contributed by atoms with van der Waals surface area (Å²) in [6, 6.07) is 5.11. The lowest BCUT2D eigenvalue weighted by molar-refractivity contribution is 0.250. The number of nitrogens with one attached hydrogen (secondary N) is 2. The zero-order chi connectivity index (χ0) is 11.3. The quantitative estimate of drug-likeness (QED) is 0.579. The number of benzene rings is 1. The molecule has 0 fully saturated rings. The second-order valence-electron chi connectivity index (χ2n) is 2.92. The van der Waals surface area contributed by atoms with Gasteiger partial charge in [0.25, 0.3) is 0 Å². The molecule has 0 aliphatic rings. The van der Waals surface area contributed by atoms with E-state index in [1.54, 1.807) is 0 Å². The molecule has 4 N–H and O–H groups in total. The molecule has 2 amide bonds. The molecule has 0 spiro atoms. The third kappa shape index (κ3) is 3.63. The fourth-order valence-electron chi connectivity index (χ4n) is 1.08. The second-order valence-corrected chi connectivity index (χ2v) is 3.78. The topological polar surface area (TPSA) is 67.2 Å². The predicted octanol–water partition coefficient (Wildman–Crippen LogP) is 2.17. The Balaban J connectivity index is 2.74. The molecule has 0 aromatic heterocycles. The first-order valence-corrected chi connectivity index (χ1v) is 5.13. The molecule has 1 aromatic carbocycles. The van der Waals surface area contributed by atoms with Gasteiger partial charge in [-0.1, -0.05) is 12.1 Å². The van der Waals surface area contributed by atoms with Crippen LogP contribution in [0.15, 0.2) is 35.3 Å². The van der Waals surface area contributed by atoms with Crippen molar-refractivity contribution >= 4 is 27.6 Å². The van der Waals surface area contributed by atoms with E-state index in [1.165, 1.54) is 0 Å². The third-order valence-corrected chi connectivity index (χ3v) is 2.39. The minimum atomic E-state index is -0.628. The van der Waals surface area contributed by atoms with Gasteiger partial charge in [-0.05, 0) is 40.0 Å². The van der Waals surface area contributed by atoms with E-state index in [-0.39, 0.29) is 0 Å². The molecule has 1 rings (SSSR count). The highest BCUT2D eigenvalue weighted by Crippen LogP contribution is 2.23. The van der Waals surface area contributed by atoms with Crippen LogP contribution in [0.25, 0.3) is 0 Å². The van der Waals surface area contributed by atoms with Gasteiger partial charge in [-0.25, -0.2) is 4.79 Å². The summed E-state index contributed by atoms with van der Waals surface area (Å²) in [5.41, 5.74) is 11.8. The lowest BCUT2D eigenvalue weighted by atomic mass is 10.1. The molecule has 0 radical (unpaired) electrons. The average Bonchev–Trinajstić information content (AvgIpc) is 2.17. The number of hydrogen-bond donors (Lipinski definition) is 3. The number of anilines is 1. The van der Waals surface area contributed by atoms with E-state index >= 15 is 0 Å². The Morgan fingerprint density at radius 2 is 2.33 bits per heavy atom. The van der Waals surface area contributed by atoms with Gasteiger partial charge in [-0.3, -0.25) is 10.9 Å². The minimum Gasteiger partial charge on any atom is -0.350 e. The molecule has 0 saturated carbocycles. The molecule has 0 aliphatic carbocycles. The summed E-state index contributed by atoms with van der Waals surface area (Å²) in [6.07, 6.45) is 2.64. The fourth-order valence-corrected chi connectivity index (χ4v) is 1.61. The molecular formula is C10H12BrN3O. The van der Waals surface area contributed by atoms with Crippen molar-refractivity contribution in [3.8, 4) is 0 Å². The number of primary amides is 1. The number of carbonyl (C=O) groups is 1. The summed E-state index contributed by atoms with van der Waals surface area (Å²) in [6.45, 7) is 3.66. The van der Waals surface area contributed by atoms with E-state index in [1.807, 2.05) is 24.3 Å². The highest BCUT2D eigenvalue weighted by atomic mass is 79.9. The number of allylic oxidation sites excluding steroid dienone is 1. The highest BCUT2D eigenvalue weighted by Gasteiger charge is 2.00. The zero-order valence-corrected chi connectivity index (χ0v) is 9.67. The Hall–Kier alpha value is -1.49. The average molecular weight is 270 g/mol. The van der Waals surface area contributed by atoms with Crippen LogP contribution >= 0.6 is 15.9 Å². The van der Waals surface area contributed by atoms with Gasteiger partial charge in [-0.15, -0.1) is 6.58 Å². The molecule has 0 bridgehead atoms. The lowest BCUT2D eigenvalue weighted by Gasteiger charge is -2.09. The van der Waals surface area contributed by atoms with Gasteiger partial charge in [0.1, 0.15) is 0 Å². The number of halogens is 1. The van der Waals surface area contributed by atoms with Crippen molar-refractivity contribution in [3.05, 3.63) is 40.9 Å². The molecule has 1 aromatic rings. The number of urea groups is 1. The van der Waals surface area contributed by atoms with E-state index in [0.29, 0.717) is 0 Å². The Morgan fingerprint density at radius 1 is 1.60 bits per heavy atom. The predicted molar refractivity (Wildman–Crippen MR) is 64.4 cm³/mol. The number of hydrogen-bond acceptors (Lipinski definition) is 2. The molecule has 0 atom stereocenters. The third-order valence-electron chi connectivity index (χ3n) is 1.73. The van der Waals surface area contributed by atoms with Crippen LogP contribution in [-0.4, -0.2) is 6.03 Å². The SMILES string of the molecule is C=CCc1ccc(NNC(N)=O)c(Br)c1. The number of hydrazine groups is 1. The summed E-state index contributed by atoms with van der Waals surface area (Å²) in [7, 11) is 0. The summed E-state index contributed by atoms with van der Waals surface area (Å²) < 4.78 is 0.857. The van der Waals surface area contributed by atoms with Crippen molar-refractivity contribution < 1.29 is 4.79 Å². The van der Waals surface area contributed by atoms with Crippen LogP contribution in [0, 0.1) is 0 Å². The largest absolute Gasteiger partial charge is 0.350 e. The van der Waals surface area contributed by atoms with Gasteiger partial charge in [-0.2, -0.15) is 0 Å². The lowest BCUT2D eigenvalue weighted by Crippen LogP contribution is -2.34. The van der Waals surface area contributed by atoms with Crippen molar-refractivity contribution in [3.63, 3.8) is 0 Å². The monoisotopic (exact) mass is 269 g/mol. The smallest absolute Gasteiger partial charge is 0.330 e. The van der Waals surface area contributed by atoms with Crippen molar-refractivity contribution in [1.82, 2.24) is 5.43 Å². The molecular weight excluding hydrogens is 258 g/mol. The Labute approximate surface area is 96.6 Å². The molecule has 80 valence electrons. The van der Waals surface area contributed by atoms with Gasteiger partial charge in [0, 0.05) is 4.47 Å². The fraction of sp³-hybridized carbons (Fsp3) is 0.100. The molecule has 15 heavy (non-hydrogen) atoms. The van der Waals surface area contributed by atoms with Crippen molar-refractivity contribution in [2.75, 3.05) is 5.43 Å². The number of amides is 2. The molecule has 0 heterocycles. The van der Waals surface area contributed by atoms with Gasteiger partial charge < -0.3 is 5.73 Å². The molecule has 5 heteroatoms. The first-order chi connectivity index (χ1) is 7.13. The van der Waals surface area contributed by atoms with Crippen molar-refractivity contribution in [2.45, 2.75) is 6.42 Å². The number of carbonyl (C=O) groups excluding carboxylic acids is 1. The summed E-state index contributed by atoms with van der Waals surface area (Å²) >= 11 is 3.38. The standard InChI is InChI=1S/C10H12BrN3O/c1-2-3-7-4-5-9(8(11)6-7)13-14-10(12)15/h2,4-6,13H,1,3H2,(H3,12,14,15). The maximum Gasteiger partial charge on any atom is 0.330 e. The zero-order valence-electron chi connectivity index (χ0n) is 8.09. The van der Waals surface area contributed by atoms with Gasteiger partial charge >= 0.3 is 6.03 Å². The van der Waals surface area contributed by atoms with E-state index in [2.05, 4.69) is 33.4 Å². The van der Waals surface area contributed by atoms with Gasteiger partial charge in [0.05, 0.1) is 5.69 Å². The van der Waals surface area contributed by atoms with Crippen LogP contribution in [0.1, 0.15) is 5.56 Å². The first-order valence-electron chi connectivity index (χ1n) is 4.34. The summed E-state index contributed by atoms with van der Waals surface area (Å²) in [5.74, 6) is 0. The van der Waals surface area contributed by atoms with Crippen LogP contribution in [-0.2, 0) is 6.42 Å². The van der Waals surface area contributed by atoms with E-state index < -0.39 is 6.03 Å². The minimum absolute atomic E-state index is 0.628. The maximum absolute atomic E-state index is 10.5. The number of rotatable bonds is 4. The highest BCUT2D eigenvalue weighted by molar-refractivity contribution is 9.10. The van der Waals surface area contributed by atoms with Crippen LogP contribution in [0.5, 0.6) is 0 Å². The van der Waals surface area contributed by atoms with Crippen LogP contribution in [0.2, 0.25) is 0 Å². The normalized spacial score (nSPS) is 9.40. The van der Waals surface area contributed by atoms with Crippen molar-refractivity contribution in [2.24, 2.45) is 5.73 Å². The van der Waals surface area contributed by atoms with E-state index in [9.17, 15) is 4.79 Å². The van der Waals surface area contributed by atoms with Gasteiger partial charge in [0.15, 0.2) is 0 Å². The Bertz CT molecular complexity index is 379. The summed E-state index contributed by atoms with van der Waals surface area (Å²) in [4.78, 5) is 10.5. The molecule has 4 nitrogen and oxygen atoms in total. The van der Waals surface area contributed by atoms with E-state index in [4.69, 9.17) is 5.73 Å². The van der Waals surface area contributed by atoms with Crippen LogP contribution in [0.4, 0.5) is 10.5 Å². The summed E-state index contributed by atoms with van der Waals surface area (Å²) in [5, 5.41) is 0. The Morgan fingerprint density at radius 3 is 2.87 bits per heavy atom. The second kappa shape index (κ2) is 5.41. The molecule has 0 saturated heterocycles. The number of nitrogens with two attached hydrogens (primary N) is 1. The van der Waals surface area contributed by atoms with E-state index in [0.717, 1.165) is 22.1 Å².